The molecule has 0 fully saturated rings. The second-order valence-electron chi connectivity index (χ2n) is 3.36. The Kier molecular flexibility index (Phi) is 3.82. The van der Waals surface area contributed by atoms with E-state index in [4.69, 9.17) is 27.9 Å². The van der Waals surface area contributed by atoms with Crippen LogP contribution in [0.2, 0.25) is 10.2 Å². The highest BCUT2D eigenvalue weighted by molar-refractivity contribution is 6.30. The van der Waals surface area contributed by atoms with E-state index < -0.39 is 0 Å². The summed E-state index contributed by atoms with van der Waals surface area (Å²) in [5.74, 6) is 1.15. The van der Waals surface area contributed by atoms with Crippen LogP contribution in [0.1, 0.15) is 12.5 Å². The Hall–Kier alpha value is -1.32. The van der Waals surface area contributed by atoms with E-state index in [2.05, 4.69) is 9.97 Å². The zero-order valence-corrected chi connectivity index (χ0v) is 10.7. The number of rotatable bonds is 3. The number of nitrogens with zero attached hydrogens (tertiary/aromatic N) is 2. The molecule has 0 aliphatic rings. The molecule has 0 amide bonds. The second-order valence-corrected chi connectivity index (χ2v) is 4.15. The molecule has 0 N–H and O–H groups in total. The zero-order chi connectivity index (χ0) is 12.3. The molecule has 1 heterocycles. The lowest BCUT2D eigenvalue weighted by Crippen LogP contribution is -1.96. The molecule has 3 nitrogen and oxygen atoms in total. The maximum Gasteiger partial charge on any atom is 0.226 e. The van der Waals surface area contributed by atoms with Gasteiger partial charge in [0.2, 0.25) is 5.88 Å². The van der Waals surface area contributed by atoms with Gasteiger partial charge in [-0.15, -0.1) is 0 Å². The van der Waals surface area contributed by atoms with Crippen molar-refractivity contribution in [3.63, 3.8) is 0 Å². The van der Waals surface area contributed by atoms with Crippen molar-refractivity contribution in [3.05, 3.63) is 46.3 Å². The molecule has 0 spiro atoms. The summed E-state index contributed by atoms with van der Waals surface area (Å²) >= 11 is 11.8. The lowest BCUT2D eigenvalue weighted by molar-refractivity contribution is 0.455. The van der Waals surface area contributed by atoms with Gasteiger partial charge in [-0.25, -0.2) is 9.97 Å². The molecule has 5 heteroatoms. The van der Waals surface area contributed by atoms with Gasteiger partial charge in [0, 0.05) is 5.02 Å². The van der Waals surface area contributed by atoms with Crippen molar-refractivity contribution in [2.24, 2.45) is 0 Å². The fourth-order valence-corrected chi connectivity index (χ4v) is 1.76. The molecule has 0 atom stereocenters. The first-order valence-electron chi connectivity index (χ1n) is 5.13. The van der Waals surface area contributed by atoms with Crippen LogP contribution in [0, 0.1) is 0 Å². The Labute approximate surface area is 109 Å². The van der Waals surface area contributed by atoms with Gasteiger partial charge in [-0.3, -0.25) is 0 Å². The predicted molar refractivity (Wildman–Crippen MR) is 67.9 cm³/mol. The van der Waals surface area contributed by atoms with Crippen LogP contribution >= 0.6 is 23.2 Å². The Morgan fingerprint density at radius 2 is 1.82 bits per heavy atom. The van der Waals surface area contributed by atoms with Gasteiger partial charge in [0.15, 0.2) is 0 Å². The number of hydrogen-bond donors (Lipinski definition) is 0. The van der Waals surface area contributed by atoms with Gasteiger partial charge in [0.1, 0.15) is 17.2 Å². The smallest absolute Gasteiger partial charge is 0.226 e. The summed E-state index contributed by atoms with van der Waals surface area (Å²) in [5.41, 5.74) is 0.795. The summed E-state index contributed by atoms with van der Waals surface area (Å²) in [5, 5.41) is 1.08. The van der Waals surface area contributed by atoms with Crippen molar-refractivity contribution >= 4 is 23.2 Å². The summed E-state index contributed by atoms with van der Waals surface area (Å²) < 4.78 is 5.64. The fraction of sp³-hybridized carbons (Fsp3) is 0.167. The third-order valence-corrected chi connectivity index (χ3v) is 2.81. The van der Waals surface area contributed by atoms with Gasteiger partial charge in [0.05, 0.1) is 5.56 Å². The van der Waals surface area contributed by atoms with Gasteiger partial charge in [-0.1, -0.05) is 30.1 Å². The number of benzene rings is 1. The highest BCUT2D eigenvalue weighted by atomic mass is 35.5. The molecular weight excluding hydrogens is 259 g/mol. The molecule has 0 aliphatic heterocycles. The van der Waals surface area contributed by atoms with Crippen LogP contribution in [-0.4, -0.2) is 9.97 Å². The number of hydrogen-bond acceptors (Lipinski definition) is 3. The van der Waals surface area contributed by atoms with Crippen molar-refractivity contribution in [1.82, 2.24) is 9.97 Å². The number of halogens is 2. The van der Waals surface area contributed by atoms with E-state index in [1.165, 1.54) is 6.33 Å². The molecule has 1 aromatic heterocycles. The number of ether oxygens (including phenoxy) is 1. The second kappa shape index (κ2) is 5.34. The van der Waals surface area contributed by atoms with Crippen LogP contribution in [0.25, 0.3) is 0 Å². The monoisotopic (exact) mass is 268 g/mol. The molecule has 0 radical (unpaired) electrons. The third kappa shape index (κ3) is 2.87. The van der Waals surface area contributed by atoms with Gasteiger partial charge < -0.3 is 4.74 Å². The summed E-state index contributed by atoms with van der Waals surface area (Å²) in [6, 6.07) is 7.06. The highest BCUT2D eigenvalue weighted by Gasteiger charge is 2.09. The van der Waals surface area contributed by atoms with Gasteiger partial charge in [-0.2, -0.15) is 0 Å². The van der Waals surface area contributed by atoms with E-state index in [9.17, 15) is 0 Å². The van der Waals surface area contributed by atoms with E-state index in [-0.39, 0.29) is 0 Å². The molecule has 0 bridgehead atoms. The molecule has 0 saturated heterocycles. The lowest BCUT2D eigenvalue weighted by Gasteiger charge is -2.09. The van der Waals surface area contributed by atoms with Crippen LogP contribution in [0.15, 0.2) is 30.6 Å². The molecule has 88 valence electrons. The molecule has 2 rings (SSSR count). The first-order chi connectivity index (χ1) is 8.20. The quantitative estimate of drug-likeness (QED) is 0.785. The zero-order valence-electron chi connectivity index (χ0n) is 9.15. The standard InChI is InChI=1S/C12H10Cl2N2O/c1-2-10-11(14)15-7-16-12(10)17-9-5-3-8(13)4-6-9/h3-7H,2H2,1H3. The van der Waals surface area contributed by atoms with Crippen molar-refractivity contribution < 1.29 is 4.74 Å². The lowest BCUT2D eigenvalue weighted by atomic mass is 10.2. The SMILES string of the molecule is CCc1c(Cl)ncnc1Oc1ccc(Cl)cc1. The van der Waals surface area contributed by atoms with E-state index in [1.54, 1.807) is 24.3 Å². The topological polar surface area (TPSA) is 35.0 Å². The van der Waals surface area contributed by atoms with Crippen LogP contribution in [0.3, 0.4) is 0 Å². The summed E-state index contributed by atoms with van der Waals surface area (Å²) in [6.45, 7) is 1.97. The minimum absolute atomic E-state index is 0.423. The molecule has 17 heavy (non-hydrogen) atoms. The average Bonchev–Trinajstić information content (AvgIpc) is 2.32. The molecule has 0 aliphatic carbocycles. The van der Waals surface area contributed by atoms with Crippen molar-refractivity contribution in [2.75, 3.05) is 0 Å². The van der Waals surface area contributed by atoms with Crippen molar-refractivity contribution in [2.45, 2.75) is 13.3 Å². The van der Waals surface area contributed by atoms with E-state index in [0.29, 0.717) is 28.2 Å². The Morgan fingerprint density at radius 3 is 2.47 bits per heavy atom. The molecule has 0 unspecified atom stereocenters. The summed E-state index contributed by atoms with van der Waals surface area (Å²) in [4.78, 5) is 8.00. The van der Waals surface area contributed by atoms with E-state index in [0.717, 1.165) is 5.56 Å². The number of aromatic nitrogens is 2. The Morgan fingerprint density at radius 1 is 1.12 bits per heavy atom. The third-order valence-electron chi connectivity index (χ3n) is 2.23. The van der Waals surface area contributed by atoms with E-state index in [1.807, 2.05) is 6.92 Å². The first-order valence-corrected chi connectivity index (χ1v) is 5.89. The average molecular weight is 269 g/mol. The molecule has 1 aromatic carbocycles. The van der Waals surface area contributed by atoms with E-state index >= 15 is 0 Å². The van der Waals surface area contributed by atoms with Crippen molar-refractivity contribution in [1.29, 1.82) is 0 Å². The molecule has 0 saturated carbocycles. The summed E-state index contributed by atoms with van der Waals surface area (Å²) in [6.07, 6.45) is 2.09. The largest absolute Gasteiger partial charge is 0.439 e. The molecular formula is C12H10Cl2N2O. The first kappa shape index (κ1) is 12.1. The Bertz CT molecular complexity index is 514. The van der Waals surface area contributed by atoms with Crippen molar-refractivity contribution in [3.8, 4) is 11.6 Å². The minimum Gasteiger partial charge on any atom is -0.439 e. The van der Waals surface area contributed by atoms with Crippen LogP contribution in [0.5, 0.6) is 11.6 Å². The predicted octanol–water partition coefficient (Wildman–Crippen LogP) is 4.14. The fourth-order valence-electron chi connectivity index (χ4n) is 1.38. The van der Waals surface area contributed by atoms with Crippen LogP contribution in [-0.2, 0) is 6.42 Å². The van der Waals surface area contributed by atoms with Gasteiger partial charge >= 0.3 is 0 Å². The minimum atomic E-state index is 0.423. The Balaban J connectivity index is 2.29. The highest BCUT2D eigenvalue weighted by Crippen LogP contribution is 2.27. The summed E-state index contributed by atoms with van der Waals surface area (Å²) in [7, 11) is 0. The van der Waals surface area contributed by atoms with Crippen LogP contribution < -0.4 is 4.74 Å². The van der Waals surface area contributed by atoms with Gasteiger partial charge in [0.25, 0.3) is 0 Å². The normalized spacial score (nSPS) is 10.3. The molecule has 2 aromatic rings. The van der Waals surface area contributed by atoms with Crippen LogP contribution in [0.4, 0.5) is 0 Å². The maximum atomic E-state index is 5.97. The maximum absolute atomic E-state index is 5.97. The van der Waals surface area contributed by atoms with Gasteiger partial charge in [-0.05, 0) is 30.7 Å².